The average Bonchev–Trinajstić information content (AvgIpc) is 2.81. The Morgan fingerprint density at radius 3 is 1.90 bits per heavy atom. The predicted molar refractivity (Wildman–Crippen MR) is 146 cm³/mol. The normalized spacial score (nSPS) is 15.4. The van der Waals surface area contributed by atoms with E-state index in [4.69, 9.17) is 9.47 Å². The second kappa shape index (κ2) is 16.9. The lowest BCUT2D eigenvalue weighted by Crippen LogP contribution is -2.58. The van der Waals surface area contributed by atoms with E-state index in [1.165, 1.54) is 14.0 Å². The Kier molecular flexibility index (Phi) is 15.7. The van der Waals surface area contributed by atoms with Gasteiger partial charge in [-0.3, -0.25) is 14.4 Å². The van der Waals surface area contributed by atoms with Crippen molar-refractivity contribution in [3.8, 4) is 0 Å². The maximum Gasteiger partial charge on any atom is 0.407 e. The zero-order valence-electron chi connectivity index (χ0n) is 25.2. The quantitative estimate of drug-likeness (QED) is 0.189. The second-order valence-corrected chi connectivity index (χ2v) is 11.5. The smallest absolute Gasteiger partial charge is 0.407 e. The van der Waals surface area contributed by atoms with E-state index in [0.29, 0.717) is 12.8 Å². The first-order valence-electron chi connectivity index (χ1n) is 13.6. The van der Waals surface area contributed by atoms with Crippen molar-refractivity contribution in [1.29, 1.82) is 0 Å². The van der Waals surface area contributed by atoms with E-state index >= 15 is 0 Å². The highest BCUT2D eigenvalue weighted by Gasteiger charge is 2.33. The molecule has 0 saturated heterocycles. The third kappa shape index (κ3) is 14.2. The minimum Gasteiger partial charge on any atom is -0.467 e. The SMILES string of the molecule is CCCC[C@@H](NC(=O)OC(C)(C)C)[C@H](O)C(=O)N[C@@H](C)C(=O)N[C@@H](CC(C)C)C(=O)N[C@H](C(=O)OC)C(C)C. The number of hydrogen-bond acceptors (Lipinski definition) is 8. The number of nitrogens with one attached hydrogen (secondary N) is 4. The largest absolute Gasteiger partial charge is 0.467 e. The number of ether oxygens (including phenoxy) is 2. The van der Waals surface area contributed by atoms with Crippen LogP contribution in [-0.4, -0.2) is 77.9 Å². The van der Waals surface area contributed by atoms with Crippen molar-refractivity contribution < 1.29 is 38.6 Å². The summed E-state index contributed by atoms with van der Waals surface area (Å²) in [6.07, 6.45) is -0.399. The molecule has 0 rings (SSSR count). The third-order valence-electron chi connectivity index (χ3n) is 5.73. The number of aliphatic hydroxyl groups excluding tert-OH is 1. The molecular formula is C27H50N4O8. The van der Waals surface area contributed by atoms with Crippen molar-refractivity contribution in [2.75, 3.05) is 7.11 Å². The summed E-state index contributed by atoms with van der Waals surface area (Å²) < 4.78 is 10.0. The lowest BCUT2D eigenvalue weighted by molar-refractivity contribution is -0.146. The van der Waals surface area contributed by atoms with Crippen molar-refractivity contribution in [1.82, 2.24) is 21.3 Å². The van der Waals surface area contributed by atoms with Gasteiger partial charge < -0.3 is 35.8 Å². The van der Waals surface area contributed by atoms with Crippen LogP contribution < -0.4 is 21.3 Å². The molecule has 4 amide bonds. The molecule has 0 aliphatic rings. The molecule has 0 heterocycles. The monoisotopic (exact) mass is 558 g/mol. The number of aliphatic hydroxyl groups is 1. The molecule has 39 heavy (non-hydrogen) atoms. The summed E-state index contributed by atoms with van der Waals surface area (Å²) in [5, 5.41) is 20.9. The van der Waals surface area contributed by atoms with Crippen LogP contribution in [0.15, 0.2) is 0 Å². The molecule has 0 bridgehead atoms. The zero-order chi connectivity index (χ0) is 30.5. The van der Waals surface area contributed by atoms with E-state index in [0.717, 1.165) is 6.42 Å². The number of carbonyl (C=O) groups is 5. The van der Waals surface area contributed by atoms with E-state index in [2.05, 4.69) is 21.3 Å². The Labute approximate surface area is 232 Å². The van der Waals surface area contributed by atoms with Crippen LogP contribution in [0, 0.1) is 11.8 Å². The van der Waals surface area contributed by atoms with E-state index in [1.807, 2.05) is 20.8 Å². The van der Waals surface area contributed by atoms with Gasteiger partial charge in [-0.2, -0.15) is 0 Å². The lowest BCUT2D eigenvalue weighted by Gasteiger charge is -2.28. The summed E-state index contributed by atoms with van der Waals surface area (Å²) >= 11 is 0. The Morgan fingerprint density at radius 2 is 1.44 bits per heavy atom. The molecule has 0 radical (unpaired) electrons. The van der Waals surface area contributed by atoms with Gasteiger partial charge >= 0.3 is 12.1 Å². The molecule has 0 aliphatic carbocycles. The summed E-state index contributed by atoms with van der Waals surface area (Å²) in [7, 11) is 1.23. The first-order chi connectivity index (χ1) is 17.9. The molecule has 12 heteroatoms. The number of carbonyl (C=O) groups excluding carboxylic acids is 5. The predicted octanol–water partition coefficient (Wildman–Crippen LogP) is 1.78. The Morgan fingerprint density at radius 1 is 0.846 bits per heavy atom. The van der Waals surface area contributed by atoms with Gasteiger partial charge in [-0.05, 0) is 52.4 Å². The standard InChI is InChI=1S/C27H50N4O8/c1-11-12-13-18(30-26(37)39-27(7,8)9)21(32)24(35)28-17(6)22(33)29-19(14-15(2)3)23(34)31-20(16(4)5)25(36)38-10/h15-21,32H,11-14H2,1-10H3,(H,28,35)(H,29,33)(H,30,37)(H,31,34)/t17-,18+,19-,20-,21-/m0/s1. The van der Waals surface area contributed by atoms with Crippen LogP contribution in [0.3, 0.4) is 0 Å². The van der Waals surface area contributed by atoms with Crippen LogP contribution >= 0.6 is 0 Å². The van der Waals surface area contributed by atoms with Crippen molar-refractivity contribution in [3.63, 3.8) is 0 Å². The molecule has 12 nitrogen and oxygen atoms in total. The van der Waals surface area contributed by atoms with E-state index in [1.54, 1.807) is 34.6 Å². The zero-order valence-corrected chi connectivity index (χ0v) is 25.2. The third-order valence-corrected chi connectivity index (χ3v) is 5.73. The lowest BCUT2D eigenvalue weighted by atomic mass is 10.00. The molecule has 0 aliphatic heterocycles. The average molecular weight is 559 g/mol. The maximum absolute atomic E-state index is 13.0. The van der Waals surface area contributed by atoms with Crippen LogP contribution in [0.25, 0.3) is 0 Å². The second-order valence-electron chi connectivity index (χ2n) is 11.5. The number of rotatable bonds is 15. The van der Waals surface area contributed by atoms with Gasteiger partial charge in [-0.25, -0.2) is 9.59 Å². The van der Waals surface area contributed by atoms with Gasteiger partial charge in [0.2, 0.25) is 11.8 Å². The minimum atomic E-state index is -1.64. The minimum absolute atomic E-state index is 0.0293. The number of alkyl carbamates (subject to hydrolysis) is 1. The van der Waals surface area contributed by atoms with Crippen molar-refractivity contribution in [3.05, 3.63) is 0 Å². The fourth-order valence-corrected chi connectivity index (χ4v) is 3.62. The maximum atomic E-state index is 13.0. The van der Waals surface area contributed by atoms with Gasteiger partial charge in [0.1, 0.15) is 23.7 Å². The number of unbranched alkanes of at least 4 members (excludes halogenated alkanes) is 1. The topological polar surface area (TPSA) is 172 Å². The fourth-order valence-electron chi connectivity index (χ4n) is 3.62. The van der Waals surface area contributed by atoms with Crippen molar-refractivity contribution >= 4 is 29.8 Å². The van der Waals surface area contributed by atoms with Gasteiger partial charge in [-0.1, -0.05) is 47.5 Å². The van der Waals surface area contributed by atoms with Gasteiger partial charge in [0.05, 0.1) is 13.2 Å². The Bertz CT molecular complexity index is 825. The fraction of sp³-hybridized carbons (Fsp3) is 0.815. The highest BCUT2D eigenvalue weighted by atomic mass is 16.6. The van der Waals surface area contributed by atoms with Crippen LogP contribution in [0.2, 0.25) is 0 Å². The summed E-state index contributed by atoms with van der Waals surface area (Å²) in [5.41, 5.74) is -0.760. The summed E-state index contributed by atoms with van der Waals surface area (Å²) in [5.74, 6) is -2.87. The Balaban J connectivity index is 5.43. The Hall–Kier alpha value is -2.89. The molecule has 0 saturated carbocycles. The van der Waals surface area contributed by atoms with Gasteiger partial charge in [0, 0.05) is 0 Å². The molecule has 0 fully saturated rings. The highest BCUT2D eigenvalue weighted by molar-refractivity contribution is 5.94. The number of methoxy groups -OCH3 is 1. The van der Waals surface area contributed by atoms with Gasteiger partial charge in [0.15, 0.2) is 6.10 Å². The molecule has 0 aromatic heterocycles. The molecular weight excluding hydrogens is 508 g/mol. The van der Waals surface area contributed by atoms with E-state index < -0.39 is 65.7 Å². The summed E-state index contributed by atoms with van der Waals surface area (Å²) in [4.78, 5) is 63.0. The van der Waals surface area contributed by atoms with Crippen molar-refractivity contribution in [2.45, 2.75) is 124 Å². The van der Waals surface area contributed by atoms with Gasteiger partial charge in [-0.15, -0.1) is 0 Å². The van der Waals surface area contributed by atoms with Crippen LogP contribution in [0.4, 0.5) is 4.79 Å². The molecule has 5 N–H and O–H groups in total. The number of amides is 4. The molecule has 226 valence electrons. The molecule has 0 unspecified atom stereocenters. The molecule has 5 atom stereocenters. The van der Waals surface area contributed by atoms with E-state index in [-0.39, 0.29) is 18.3 Å². The first kappa shape index (κ1) is 36.1. The summed E-state index contributed by atoms with van der Waals surface area (Å²) in [6, 6.07) is -3.90. The van der Waals surface area contributed by atoms with E-state index in [9.17, 15) is 29.1 Å². The van der Waals surface area contributed by atoms with Crippen LogP contribution in [0.5, 0.6) is 0 Å². The molecule has 0 aromatic rings. The molecule has 0 aromatic carbocycles. The first-order valence-corrected chi connectivity index (χ1v) is 13.6. The summed E-state index contributed by atoms with van der Waals surface area (Å²) in [6.45, 7) is 15.7. The van der Waals surface area contributed by atoms with Crippen molar-refractivity contribution in [2.24, 2.45) is 11.8 Å². The highest BCUT2D eigenvalue weighted by Crippen LogP contribution is 2.12. The van der Waals surface area contributed by atoms with Crippen LogP contribution in [-0.2, 0) is 28.7 Å². The number of hydrogen-bond donors (Lipinski definition) is 5. The van der Waals surface area contributed by atoms with Crippen LogP contribution in [0.1, 0.15) is 88.0 Å². The van der Waals surface area contributed by atoms with Gasteiger partial charge in [0.25, 0.3) is 5.91 Å². The number of esters is 1. The molecule has 0 spiro atoms.